The summed E-state index contributed by atoms with van der Waals surface area (Å²) in [4.78, 5) is 18.5. The molecule has 2 aromatic carbocycles. The second kappa shape index (κ2) is 7.80. The van der Waals surface area contributed by atoms with Crippen molar-refractivity contribution in [2.45, 2.75) is 0 Å². The van der Waals surface area contributed by atoms with Gasteiger partial charge in [-0.15, -0.1) is 0 Å². The maximum Gasteiger partial charge on any atom is 0.287 e. The first-order chi connectivity index (χ1) is 13.7. The fraction of sp³-hybridized carbons (Fsp3) is 0. The van der Waals surface area contributed by atoms with Crippen molar-refractivity contribution < 1.29 is 9.66 Å². The molecule has 28 heavy (non-hydrogen) atoms. The van der Waals surface area contributed by atoms with Crippen LogP contribution in [0.4, 0.5) is 10.8 Å². The predicted octanol–water partition coefficient (Wildman–Crippen LogP) is 4.84. The molecule has 0 saturated carbocycles. The van der Waals surface area contributed by atoms with Crippen molar-refractivity contribution >= 4 is 38.6 Å². The smallest absolute Gasteiger partial charge is 0.287 e. The Hall–Kier alpha value is -3.85. The third-order valence-corrected chi connectivity index (χ3v) is 4.64. The summed E-state index contributed by atoms with van der Waals surface area (Å²) in [7, 11) is 0. The van der Waals surface area contributed by atoms with Crippen molar-refractivity contribution in [3.05, 3.63) is 82.5 Å². The van der Waals surface area contributed by atoms with Crippen molar-refractivity contribution in [3.8, 4) is 11.6 Å². The van der Waals surface area contributed by atoms with Crippen LogP contribution >= 0.6 is 11.3 Å². The number of nitro groups is 1. The van der Waals surface area contributed by atoms with Crippen LogP contribution in [0, 0.1) is 10.1 Å². The molecular formula is C19H13N5O3S. The van der Waals surface area contributed by atoms with Crippen LogP contribution in [0.1, 0.15) is 5.56 Å². The number of anilines is 1. The average Bonchev–Trinajstić information content (AvgIpc) is 3.12. The molecule has 0 atom stereocenters. The highest BCUT2D eigenvalue weighted by Gasteiger charge is 2.06. The second-order valence-corrected chi connectivity index (χ2v) is 6.67. The van der Waals surface area contributed by atoms with Gasteiger partial charge in [-0.2, -0.15) is 5.10 Å². The summed E-state index contributed by atoms with van der Waals surface area (Å²) >= 11 is 1.53. The Balaban J connectivity index is 1.37. The van der Waals surface area contributed by atoms with E-state index in [1.165, 1.54) is 23.5 Å². The standard InChI is InChI=1S/C19H13N5O3S/c25-24(26)14-7-10-18(20-12-14)27-15-8-5-13(6-9-15)11-21-23-19-22-16-3-1-2-4-17(16)28-19/h1-12H,(H,22,23)/b21-11+. The summed E-state index contributed by atoms with van der Waals surface area (Å²) in [5.74, 6) is 0.849. The van der Waals surface area contributed by atoms with Gasteiger partial charge in [-0.25, -0.2) is 9.97 Å². The maximum atomic E-state index is 10.6. The maximum absolute atomic E-state index is 10.6. The highest BCUT2D eigenvalue weighted by Crippen LogP contribution is 2.25. The summed E-state index contributed by atoms with van der Waals surface area (Å²) in [6.45, 7) is 0. The molecule has 0 aliphatic rings. The molecular weight excluding hydrogens is 378 g/mol. The topological polar surface area (TPSA) is 103 Å². The first kappa shape index (κ1) is 17.6. The van der Waals surface area contributed by atoms with Crippen LogP contribution in [0.15, 0.2) is 72.0 Å². The molecule has 0 amide bonds. The molecule has 0 spiro atoms. The summed E-state index contributed by atoms with van der Waals surface area (Å²) in [6, 6.07) is 17.9. The lowest BCUT2D eigenvalue weighted by Gasteiger charge is -2.04. The molecule has 0 aliphatic carbocycles. The average molecular weight is 391 g/mol. The SMILES string of the molecule is O=[N+]([O-])c1ccc(Oc2ccc(/C=N/Nc3nc4ccccc4s3)cc2)nc1. The Morgan fingerprint density at radius 2 is 1.93 bits per heavy atom. The van der Waals surface area contributed by atoms with Gasteiger partial charge < -0.3 is 4.74 Å². The summed E-state index contributed by atoms with van der Waals surface area (Å²) < 4.78 is 6.67. The minimum Gasteiger partial charge on any atom is -0.439 e. The van der Waals surface area contributed by atoms with Crippen LogP contribution in [0.2, 0.25) is 0 Å². The Bertz CT molecular complexity index is 1110. The summed E-state index contributed by atoms with van der Waals surface area (Å²) in [5.41, 5.74) is 4.66. The number of aromatic nitrogens is 2. The van der Waals surface area contributed by atoms with Gasteiger partial charge in [0.2, 0.25) is 11.0 Å². The largest absolute Gasteiger partial charge is 0.439 e. The molecule has 4 aromatic rings. The van der Waals surface area contributed by atoms with E-state index in [-0.39, 0.29) is 11.6 Å². The molecule has 8 nitrogen and oxygen atoms in total. The number of ether oxygens (including phenoxy) is 1. The van der Waals surface area contributed by atoms with Gasteiger partial charge in [0.15, 0.2) is 0 Å². The molecule has 9 heteroatoms. The normalized spacial score (nSPS) is 11.0. The number of thiazole rings is 1. The molecule has 0 radical (unpaired) electrons. The molecule has 138 valence electrons. The number of rotatable bonds is 6. The monoisotopic (exact) mass is 391 g/mol. The molecule has 0 unspecified atom stereocenters. The van der Waals surface area contributed by atoms with Gasteiger partial charge >= 0.3 is 0 Å². The fourth-order valence-corrected chi connectivity index (χ4v) is 3.18. The van der Waals surface area contributed by atoms with Gasteiger partial charge in [0.05, 0.1) is 21.4 Å². The number of nitrogens with zero attached hydrogens (tertiary/aromatic N) is 4. The predicted molar refractivity (Wildman–Crippen MR) is 108 cm³/mol. The van der Waals surface area contributed by atoms with Gasteiger partial charge in [-0.05, 0) is 42.0 Å². The van der Waals surface area contributed by atoms with E-state index in [2.05, 4.69) is 20.5 Å². The van der Waals surface area contributed by atoms with Crippen molar-refractivity contribution in [2.24, 2.45) is 5.10 Å². The minimum atomic E-state index is -0.507. The van der Waals surface area contributed by atoms with Crippen molar-refractivity contribution in [3.63, 3.8) is 0 Å². The third-order valence-electron chi connectivity index (χ3n) is 3.70. The fourth-order valence-electron chi connectivity index (χ4n) is 2.37. The molecule has 0 saturated heterocycles. The van der Waals surface area contributed by atoms with E-state index in [1.807, 2.05) is 36.4 Å². The lowest BCUT2D eigenvalue weighted by molar-refractivity contribution is -0.385. The Labute approximate surface area is 163 Å². The van der Waals surface area contributed by atoms with Gasteiger partial charge in [0, 0.05) is 12.1 Å². The second-order valence-electron chi connectivity index (χ2n) is 5.64. The van der Waals surface area contributed by atoms with Crippen LogP contribution < -0.4 is 10.2 Å². The zero-order chi connectivity index (χ0) is 19.3. The van der Waals surface area contributed by atoms with E-state index >= 15 is 0 Å². The van der Waals surface area contributed by atoms with Crippen LogP contribution in [0.25, 0.3) is 10.2 Å². The Morgan fingerprint density at radius 1 is 1.11 bits per heavy atom. The van der Waals surface area contributed by atoms with E-state index in [0.29, 0.717) is 5.75 Å². The first-order valence-electron chi connectivity index (χ1n) is 8.20. The third kappa shape index (κ3) is 4.10. The zero-order valence-corrected chi connectivity index (χ0v) is 15.2. The van der Waals surface area contributed by atoms with Crippen LogP contribution in [0.3, 0.4) is 0 Å². The van der Waals surface area contributed by atoms with Crippen LogP contribution in [0.5, 0.6) is 11.6 Å². The first-order valence-corrected chi connectivity index (χ1v) is 9.02. The highest BCUT2D eigenvalue weighted by atomic mass is 32.1. The van der Waals surface area contributed by atoms with Crippen molar-refractivity contribution in [1.82, 2.24) is 9.97 Å². The van der Waals surface area contributed by atoms with E-state index in [1.54, 1.807) is 18.3 Å². The number of hydrogen-bond acceptors (Lipinski definition) is 8. The van der Waals surface area contributed by atoms with Crippen molar-refractivity contribution in [1.29, 1.82) is 0 Å². The lowest BCUT2D eigenvalue weighted by Crippen LogP contribution is -1.92. The molecule has 4 rings (SSSR count). The van der Waals surface area contributed by atoms with E-state index in [9.17, 15) is 10.1 Å². The van der Waals surface area contributed by atoms with E-state index in [0.717, 1.165) is 27.1 Å². The quantitative estimate of drug-likeness (QED) is 0.287. The molecule has 1 N–H and O–H groups in total. The van der Waals surface area contributed by atoms with Gasteiger partial charge in [-0.3, -0.25) is 15.5 Å². The number of nitrogens with one attached hydrogen (secondary N) is 1. The number of pyridine rings is 1. The van der Waals surface area contributed by atoms with Gasteiger partial charge in [0.1, 0.15) is 11.9 Å². The summed E-state index contributed by atoms with van der Waals surface area (Å²) in [6.07, 6.45) is 2.84. The summed E-state index contributed by atoms with van der Waals surface area (Å²) in [5, 5.41) is 15.6. The molecule has 0 fully saturated rings. The number of hydrazone groups is 1. The number of fused-ring (bicyclic) bond motifs is 1. The van der Waals surface area contributed by atoms with Crippen molar-refractivity contribution in [2.75, 3.05) is 5.43 Å². The molecule has 2 heterocycles. The van der Waals surface area contributed by atoms with E-state index < -0.39 is 4.92 Å². The Morgan fingerprint density at radius 3 is 2.64 bits per heavy atom. The van der Waals surface area contributed by atoms with Crippen LogP contribution in [-0.2, 0) is 0 Å². The van der Waals surface area contributed by atoms with E-state index in [4.69, 9.17) is 4.74 Å². The minimum absolute atomic E-state index is 0.0838. The lowest BCUT2D eigenvalue weighted by atomic mass is 10.2. The number of para-hydroxylation sites is 1. The zero-order valence-electron chi connectivity index (χ0n) is 14.4. The van der Waals surface area contributed by atoms with Gasteiger partial charge in [-0.1, -0.05) is 23.5 Å². The van der Waals surface area contributed by atoms with Gasteiger partial charge in [0.25, 0.3) is 5.69 Å². The number of hydrogen-bond donors (Lipinski definition) is 1. The Kier molecular flexibility index (Phi) is 4.89. The molecule has 0 aliphatic heterocycles. The number of benzene rings is 2. The highest BCUT2D eigenvalue weighted by molar-refractivity contribution is 7.22. The molecule has 0 bridgehead atoms. The molecule has 2 aromatic heterocycles. The van der Waals surface area contributed by atoms with Crippen LogP contribution in [-0.4, -0.2) is 21.1 Å².